The molecule has 7 heteroatoms. The van der Waals surface area contributed by atoms with Gasteiger partial charge in [-0.05, 0) is 61.9 Å². The Labute approximate surface area is 242 Å². The van der Waals surface area contributed by atoms with Crippen LogP contribution < -0.4 is 10.4 Å². The predicted octanol–water partition coefficient (Wildman–Crippen LogP) is 4.96. The normalized spacial score (nSPS) is 24.1. The van der Waals surface area contributed by atoms with E-state index in [1.807, 2.05) is 6.92 Å². The van der Waals surface area contributed by atoms with Crippen molar-refractivity contribution in [1.29, 1.82) is 0 Å². The van der Waals surface area contributed by atoms with Gasteiger partial charge in [0.25, 0.3) is 8.32 Å². The van der Waals surface area contributed by atoms with E-state index in [9.17, 15) is 10.2 Å². The molecule has 0 saturated carbocycles. The minimum atomic E-state index is -2.60. The van der Waals surface area contributed by atoms with Crippen molar-refractivity contribution in [1.82, 2.24) is 0 Å². The van der Waals surface area contributed by atoms with Gasteiger partial charge in [0.1, 0.15) is 12.4 Å². The molecule has 0 amide bonds. The monoisotopic (exact) mass is 570 g/mol. The van der Waals surface area contributed by atoms with Crippen LogP contribution in [0.15, 0.2) is 72.3 Å². The average molecular weight is 571 g/mol. The molecule has 40 heavy (non-hydrogen) atoms. The van der Waals surface area contributed by atoms with Gasteiger partial charge in [-0.2, -0.15) is 0 Å². The fourth-order valence-corrected chi connectivity index (χ4v) is 10.3. The van der Waals surface area contributed by atoms with Crippen LogP contribution in [0.3, 0.4) is 0 Å². The van der Waals surface area contributed by atoms with E-state index in [0.29, 0.717) is 19.4 Å². The molecule has 2 aromatic rings. The van der Waals surface area contributed by atoms with Crippen molar-refractivity contribution >= 4 is 18.7 Å². The Hall–Kier alpha value is -1.84. The van der Waals surface area contributed by atoms with E-state index in [-0.39, 0.29) is 24.5 Å². The van der Waals surface area contributed by atoms with Gasteiger partial charge in [-0.1, -0.05) is 93.1 Å². The van der Waals surface area contributed by atoms with Gasteiger partial charge in [0.05, 0.1) is 31.0 Å². The van der Waals surface area contributed by atoms with Gasteiger partial charge in [0.15, 0.2) is 0 Å². The number of benzene rings is 2. The van der Waals surface area contributed by atoms with Crippen LogP contribution in [0.25, 0.3) is 0 Å². The number of hydrogen-bond acceptors (Lipinski definition) is 6. The van der Waals surface area contributed by atoms with Gasteiger partial charge in [0, 0.05) is 7.11 Å². The van der Waals surface area contributed by atoms with Crippen molar-refractivity contribution in [2.45, 2.75) is 95.7 Å². The van der Waals surface area contributed by atoms with Gasteiger partial charge in [0.2, 0.25) is 0 Å². The first-order chi connectivity index (χ1) is 18.9. The number of aliphatic hydroxyl groups excluding tert-OH is 1. The van der Waals surface area contributed by atoms with Gasteiger partial charge in [-0.25, -0.2) is 0 Å². The molecular weight excluding hydrogens is 520 g/mol. The molecular formula is C33H50O6Si. The molecule has 0 bridgehead atoms. The summed E-state index contributed by atoms with van der Waals surface area (Å²) >= 11 is 0. The first kappa shape index (κ1) is 32.7. The van der Waals surface area contributed by atoms with Crippen molar-refractivity contribution < 1.29 is 28.8 Å². The van der Waals surface area contributed by atoms with Crippen molar-refractivity contribution in [2.75, 3.05) is 27.1 Å². The second-order valence-electron chi connectivity index (χ2n) is 12.6. The van der Waals surface area contributed by atoms with Crippen LogP contribution in [0.2, 0.25) is 5.04 Å². The zero-order valence-electron chi connectivity index (χ0n) is 25.5. The van der Waals surface area contributed by atoms with Crippen molar-refractivity contribution in [3.63, 3.8) is 0 Å². The van der Waals surface area contributed by atoms with E-state index in [2.05, 4.69) is 94.4 Å². The quantitative estimate of drug-likeness (QED) is 0.201. The Morgan fingerprint density at radius 1 is 1.05 bits per heavy atom. The number of aliphatic hydroxyl groups is 2. The van der Waals surface area contributed by atoms with E-state index in [4.69, 9.17) is 18.6 Å². The fraction of sp³-hybridized carbons (Fsp3) is 0.576. The highest BCUT2D eigenvalue weighted by Crippen LogP contribution is 2.39. The third kappa shape index (κ3) is 7.51. The van der Waals surface area contributed by atoms with Crippen LogP contribution in [0.4, 0.5) is 0 Å². The summed E-state index contributed by atoms with van der Waals surface area (Å²) in [7, 11) is -0.987. The Balaban J connectivity index is 1.78. The van der Waals surface area contributed by atoms with Crippen LogP contribution in [-0.4, -0.2) is 69.1 Å². The first-order valence-electron chi connectivity index (χ1n) is 14.4. The third-order valence-electron chi connectivity index (χ3n) is 8.38. The summed E-state index contributed by atoms with van der Waals surface area (Å²) in [6.07, 6.45) is 4.32. The molecule has 222 valence electrons. The Kier molecular flexibility index (Phi) is 11.3. The SMILES string of the molecule is COCO[C@@]1(C)CC[C@@H]([C@](C)(O)CO)O[C@@H]1CC/C(C)=C/CO[Si](c1ccccc1)(c1ccccc1)C(C)(C)C. The molecule has 1 fully saturated rings. The molecule has 0 spiro atoms. The average Bonchev–Trinajstić information content (AvgIpc) is 2.94. The van der Waals surface area contributed by atoms with Crippen molar-refractivity contribution in [3.05, 3.63) is 72.3 Å². The van der Waals surface area contributed by atoms with Crippen LogP contribution in [0, 0.1) is 0 Å². The highest BCUT2D eigenvalue weighted by molar-refractivity contribution is 6.99. The highest BCUT2D eigenvalue weighted by Gasteiger charge is 2.50. The van der Waals surface area contributed by atoms with Crippen LogP contribution in [0.1, 0.15) is 67.2 Å². The maximum Gasteiger partial charge on any atom is 0.261 e. The Morgan fingerprint density at radius 3 is 2.12 bits per heavy atom. The molecule has 0 unspecified atom stereocenters. The lowest BCUT2D eigenvalue weighted by atomic mass is 9.81. The zero-order chi connectivity index (χ0) is 29.4. The number of rotatable bonds is 13. The van der Waals surface area contributed by atoms with Crippen LogP contribution in [-0.2, 0) is 18.6 Å². The van der Waals surface area contributed by atoms with Gasteiger partial charge in [-0.15, -0.1) is 0 Å². The van der Waals surface area contributed by atoms with Crippen LogP contribution >= 0.6 is 0 Å². The molecule has 1 saturated heterocycles. The van der Waals surface area contributed by atoms with Gasteiger partial charge in [-0.3, -0.25) is 0 Å². The fourth-order valence-electron chi connectivity index (χ4n) is 5.81. The van der Waals surface area contributed by atoms with E-state index >= 15 is 0 Å². The summed E-state index contributed by atoms with van der Waals surface area (Å²) in [6, 6.07) is 21.4. The highest BCUT2D eigenvalue weighted by atomic mass is 28.4. The molecule has 3 rings (SSSR count). The molecule has 4 atom stereocenters. The molecule has 2 N–H and O–H groups in total. The van der Waals surface area contributed by atoms with E-state index < -0.39 is 25.6 Å². The minimum absolute atomic E-state index is 0.0768. The van der Waals surface area contributed by atoms with Crippen molar-refractivity contribution in [3.8, 4) is 0 Å². The summed E-state index contributed by atoms with van der Waals surface area (Å²) in [5, 5.41) is 22.8. The maximum absolute atomic E-state index is 10.7. The topological polar surface area (TPSA) is 77.4 Å². The second kappa shape index (κ2) is 13.9. The lowest BCUT2D eigenvalue weighted by molar-refractivity contribution is -0.252. The number of ether oxygens (including phenoxy) is 3. The maximum atomic E-state index is 10.7. The lowest BCUT2D eigenvalue weighted by Crippen LogP contribution is -2.66. The molecule has 0 aromatic heterocycles. The first-order valence-corrected chi connectivity index (χ1v) is 16.3. The number of methoxy groups -OCH3 is 1. The third-order valence-corrected chi connectivity index (χ3v) is 13.4. The molecule has 2 aromatic carbocycles. The van der Waals surface area contributed by atoms with E-state index in [1.54, 1.807) is 14.0 Å². The van der Waals surface area contributed by atoms with Gasteiger partial charge >= 0.3 is 0 Å². The van der Waals surface area contributed by atoms with Crippen molar-refractivity contribution in [2.24, 2.45) is 0 Å². The summed E-state index contributed by atoms with van der Waals surface area (Å²) in [6.45, 7) is 13.0. The molecule has 1 aliphatic rings. The number of allylic oxidation sites excluding steroid dienone is 1. The number of hydrogen-bond donors (Lipinski definition) is 2. The minimum Gasteiger partial charge on any atom is -0.404 e. The molecule has 0 aliphatic carbocycles. The zero-order valence-corrected chi connectivity index (χ0v) is 26.5. The summed E-state index contributed by atoms with van der Waals surface area (Å²) in [5.41, 5.74) is -0.620. The molecule has 0 radical (unpaired) electrons. The lowest BCUT2D eigenvalue weighted by Gasteiger charge is -2.47. The Morgan fingerprint density at radius 2 is 1.62 bits per heavy atom. The van der Waals surface area contributed by atoms with E-state index in [1.165, 1.54) is 15.9 Å². The van der Waals surface area contributed by atoms with E-state index in [0.717, 1.165) is 12.8 Å². The standard InChI is InChI=1S/C33H50O6Si/c1-26(18-19-30-33(6,37-25-36-7)22-20-29(39-30)32(5,35)24-34)21-23-38-40(31(2,3)4,27-14-10-8-11-15-27)28-16-12-9-13-17-28/h8-17,21,29-30,34-35H,18-20,22-25H2,1-7H3/b26-21+/t29-,30+,32+,33-/m0/s1. The largest absolute Gasteiger partial charge is 0.404 e. The summed E-state index contributed by atoms with van der Waals surface area (Å²) < 4.78 is 24.7. The molecule has 1 heterocycles. The molecule has 6 nitrogen and oxygen atoms in total. The summed E-state index contributed by atoms with van der Waals surface area (Å²) in [4.78, 5) is 0. The van der Waals surface area contributed by atoms with Crippen LogP contribution in [0.5, 0.6) is 0 Å². The predicted molar refractivity (Wildman–Crippen MR) is 164 cm³/mol. The van der Waals surface area contributed by atoms with Gasteiger partial charge < -0.3 is 28.8 Å². The summed E-state index contributed by atoms with van der Waals surface area (Å²) in [5.74, 6) is 0. The molecule has 1 aliphatic heterocycles. The second-order valence-corrected chi connectivity index (χ2v) is 16.9. The Bertz CT molecular complexity index is 1030. The smallest absolute Gasteiger partial charge is 0.261 e.